The Morgan fingerprint density at radius 1 is 0.640 bits per heavy atom. The minimum absolute atomic E-state index is 0.0623. The van der Waals surface area contributed by atoms with E-state index in [0.717, 1.165) is 5.52 Å². The lowest BCUT2D eigenvalue weighted by Crippen LogP contribution is -2.08. The van der Waals surface area contributed by atoms with Crippen LogP contribution in [0, 0.1) is 0 Å². The van der Waals surface area contributed by atoms with E-state index in [2.05, 4.69) is 9.97 Å². The average Bonchev–Trinajstić information content (AvgIpc) is 2.61. The molecule has 0 saturated heterocycles. The number of hydrogen-bond acceptors (Lipinski definition) is 3. The highest BCUT2D eigenvalue weighted by atomic mass is 16.3. The van der Waals surface area contributed by atoms with E-state index < -0.39 is 0 Å². The number of phenolic OH excluding ortho intramolecular Hbond substituents is 1. The van der Waals surface area contributed by atoms with Crippen molar-refractivity contribution in [3.63, 3.8) is 0 Å². The number of pyridine rings is 2. The number of H-pyrrole nitrogens is 2. The van der Waals surface area contributed by atoms with Crippen molar-refractivity contribution < 1.29 is 5.11 Å². The van der Waals surface area contributed by atoms with Gasteiger partial charge < -0.3 is 15.1 Å². The molecule has 0 fully saturated rings. The molecule has 120 valence electrons. The zero-order valence-corrected chi connectivity index (χ0v) is 13.0. The largest absolute Gasteiger partial charge is 0.507 e. The SMILES string of the molecule is O=c1c2ccccc2[nH]c2cc3c(=O)c4c(O)cccc4[nH]c3cc12. The molecular formula is C20H12N2O3. The fraction of sp³-hybridized carbons (Fsp3) is 0. The van der Waals surface area contributed by atoms with Crippen molar-refractivity contribution >= 4 is 43.6 Å². The second-order valence-corrected chi connectivity index (χ2v) is 6.10. The maximum absolute atomic E-state index is 12.8. The molecule has 2 aromatic heterocycles. The van der Waals surface area contributed by atoms with Crippen molar-refractivity contribution in [1.29, 1.82) is 0 Å². The maximum Gasteiger partial charge on any atom is 0.201 e. The smallest absolute Gasteiger partial charge is 0.201 e. The molecule has 0 atom stereocenters. The Bertz CT molecular complexity index is 1440. The first-order valence-electron chi connectivity index (χ1n) is 7.86. The van der Waals surface area contributed by atoms with Crippen molar-refractivity contribution in [2.45, 2.75) is 0 Å². The van der Waals surface area contributed by atoms with E-state index in [9.17, 15) is 14.7 Å². The molecular weight excluding hydrogens is 316 g/mol. The molecule has 0 spiro atoms. The van der Waals surface area contributed by atoms with E-state index >= 15 is 0 Å². The third-order valence-electron chi connectivity index (χ3n) is 4.63. The third kappa shape index (κ3) is 1.83. The number of aromatic nitrogens is 2. The van der Waals surface area contributed by atoms with Gasteiger partial charge in [0.1, 0.15) is 5.75 Å². The summed E-state index contributed by atoms with van der Waals surface area (Å²) in [4.78, 5) is 32.0. The monoisotopic (exact) mass is 328 g/mol. The molecule has 3 aromatic carbocycles. The summed E-state index contributed by atoms with van der Waals surface area (Å²) in [5.74, 6) is -0.0623. The lowest BCUT2D eigenvalue weighted by molar-refractivity contribution is 0.481. The van der Waals surface area contributed by atoms with Gasteiger partial charge in [0.25, 0.3) is 0 Å². The number of aromatic amines is 2. The third-order valence-corrected chi connectivity index (χ3v) is 4.63. The normalized spacial score (nSPS) is 11.7. The van der Waals surface area contributed by atoms with E-state index in [1.807, 2.05) is 18.2 Å². The number of phenols is 1. The Balaban J connectivity index is 2.05. The minimum atomic E-state index is -0.266. The number of rotatable bonds is 0. The summed E-state index contributed by atoms with van der Waals surface area (Å²) in [6, 6.07) is 15.5. The van der Waals surface area contributed by atoms with Crippen molar-refractivity contribution in [1.82, 2.24) is 9.97 Å². The van der Waals surface area contributed by atoms with E-state index in [4.69, 9.17) is 0 Å². The number of nitrogens with one attached hydrogen (secondary N) is 2. The second-order valence-electron chi connectivity index (χ2n) is 6.10. The second kappa shape index (κ2) is 4.70. The summed E-state index contributed by atoms with van der Waals surface area (Å²) in [6.45, 7) is 0. The van der Waals surface area contributed by atoms with Crippen LogP contribution in [0.2, 0.25) is 0 Å². The summed E-state index contributed by atoms with van der Waals surface area (Å²) in [5.41, 5.74) is 2.07. The molecule has 5 nitrogen and oxygen atoms in total. The summed E-state index contributed by atoms with van der Waals surface area (Å²) in [6.07, 6.45) is 0. The fourth-order valence-electron chi connectivity index (χ4n) is 3.43. The van der Waals surface area contributed by atoms with Crippen LogP contribution in [0.3, 0.4) is 0 Å². The standard InChI is InChI=1S/C20H12N2O3/c23-17-7-3-6-14-18(17)20(25)12-9-15-11(8-16(12)22-14)19(24)10-4-1-2-5-13(10)21-15/h1-9,23H,(H,21,24)(H,22,25). The first-order chi connectivity index (χ1) is 12.1. The van der Waals surface area contributed by atoms with Gasteiger partial charge in [0.15, 0.2) is 5.43 Å². The predicted molar refractivity (Wildman–Crippen MR) is 99.4 cm³/mol. The lowest BCUT2D eigenvalue weighted by Gasteiger charge is -2.07. The van der Waals surface area contributed by atoms with Gasteiger partial charge in [0, 0.05) is 21.7 Å². The van der Waals surface area contributed by atoms with Crippen LogP contribution in [0.15, 0.2) is 64.2 Å². The zero-order chi connectivity index (χ0) is 17.1. The Morgan fingerprint density at radius 2 is 1.28 bits per heavy atom. The maximum atomic E-state index is 12.8. The molecule has 2 heterocycles. The molecule has 0 aliphatic carbocycles. The summed E-state index contributed by atoms with van der Waals surface area (Å²) in [5, 5.41) is 11.8. The van der Waals surface area contributed by atoms with Crippen LogP contribution >= 0.6 is 0 Å². The highest BCUT2D eigenvalue weighted by Crippen LogP contribution is 2.25. The summed E-state index contributed by atoms with van der Waals surface area (Å²) < 4.78 is 0. The lowest BCUT2D eigenvalue weighted by atomic mass is 10.1. The number of hydrogen-bond donors (Lipinski definition) is 3. The van der Waals surface area contributed by atoms with Crippen LogP contribution in [0.1, 0.15) is 0 Å². The highest BCUT2D eigenvalue weighted by Gasteiger charge is 2.12. The fourth-order valence-corrected chi connectivity index (χ4v) is 3.43. The van der Waals surface area contributed by atoms with Crippen molar-refractivity contribution in [3.8, 4) is 5.75 Å². The Morgan fingerprint density at radius 3 is 2.08 bits per heavy atom. The van der Waals surface area contributed by atoms with Gasteiger partial charge in [0.05, 0.1) is 21.9 Å². The first-order valence-corrected chi connectivity index (χ1v) is 7.86. The van der Waals surface area contributed by atoms with E-state index in [1.54, 1.807) is 30.3 Å². The van der Waals surface area contributed by atoms with Gasteiger partial charge in [0.2, 0.25) is 5.43 Å². The Hall–Kier alpha value is -3.60. The molecule has 5 rings (SSSR count). The van der Waals surface area contributed by atoms with E-state index in [-0.39, 0.29) is 22.0 Å². The molecule has 0 saturated carbocycles. The van der Waals surface area contributed by atoms with Crippen LogP contribution in [0.5, 0.6) is 5.75 Å². The van der Waals surface area contributed by atoms with Gasteiger partial charge in [-0.05, 0) is 36.4 Å². The van der Waals surface area contributed by atoms with Gasteiger partial charge in [-0.2, -0.15) is 0 Å². The number of aromatic hydroxyl groups is 1. The van der Waals surface area contributed by atoms with Gasteiger partial charge >= 0.3 is 0 Å². The Labute approximate surface area is 140 Å². The molecule has 0 unspecified atom stereocenters. The minimum Gasteiger partial charge on any atom is -0.507 e. The first kappa shape index (κ1) is 13.8. The van der Waals surface area contributed by atoms with Crippen LogP contribution in [-0.2, 0) is 0 Å². The summed E-state index contributed by atoms with van der Waals surface area (Å²) >= 11 is 0. The summed E-state index contributed by atoms with van der Waals surface area (Å²) in [7, 11) is 0. The van der Waals surface area contributed by atoms with Crippen LogP contribution < -0.4 is 10.9 Å². The molecule has 3 N–H and O–H groups in total. The average molecular weight is 328 g/mol. The molecule has 0 aliphatic heterocycles. The number of para-hydroxylation sites is 1. The van der Waals surface area contributed by atoms with Gasteiger partial charge in [-0.1, -0.05) is 18.2 Å². The van der Waals surface area contributed by atoms with E-state index in [1.165, 1.54) is 6.07 Å². The van der Waals surface area contributed by atoms with Crippen molar-refractivity contribution in [2.75, 3.05) is 0 Å². The van der Waals surface area contributed by atoms with Crippen molar-refractivity contribution in [2.24, 2.45) is 0 Å². The van der Waals surface area contributed by atoms with E-state index in [0.29, 0.717) is 32.7 Å². The zero-order valence-electron chi connectivity index (χ0n) is 13.0. The van der Waals surface area contributed by atoms with Crippen LogP contribution in [0.25, 0.3) is 43.6 Å². The predicted octanol–water partition coefficient (Wildman–Crippen LogP) is 3.38. The Kier molecular flexibility index (Phi) is 2.60. The van der Waals surface area contributed by atoms with Crippen LogP contribution in [0.4, 0.5) is 0 Å². The van der Waals surface area contributed by atoms with Gasteiger partial charge in [-0.25, -0.2) is 0 Å². The molecule has 25 heavy (non-hydrogen) atoms. The van der Waals surface area contributed by atoms with Gasteiger partial charge in [-0.3, -0.25) is 9.59 Å². The quantitative estimate of drug-likeness (QED) is 0.381. The molecule has 5 heteroatoms. The number of benzene rings is 3. The number of fused-ring (bicyclic) bond motifs is 4. The highest BCUT2D eigenvalue weighted by molar-refractivity contribution is 6.03. The molecule has 0 radical (unpaired) electrons. The van der Waals surface area contributed by atoms with Gasteiger partial charge in [-0.15, -0.1) is 0 Å². The molecule has 0 amide bonds. The molecule has 0 aliphatic rings. The topological polar surface area (TPSA) is 85.9 Å². The van der Waals surface area contributed by atoms with Crippen molar-refractivity contribution in [3.05, 3.63) is 75.0 Å². The van der Waals surface area contributed by atoms with Crippen LogP contribution in [-0.4, -0.2) is 15.1 Å². The molecule has 5 aromatic rings. The molecule has 0 bridgehead atoms.